The molecule has 1 aromatic heterocycles. The number of imide groups is 1. The Labute approximate surface area is 201 Å². The van der Waals surface area contributed by atoms with Crippen molar-refractivity contribution < 1.29 is 23.9 Å². The molecular weight excluding hydrogens is 452 g/mol. The van der Waals surface area contributed by atoms with Crippen molar-refractivity contribution in [3.05, 3.63) is 69.7 Å². The number of carbonyl (C=O) groups is 3. The van der Waals surface area contributed by atoms with Gasteiger partial charge in [0.15, 0.2) is 5.58 Å². The molecule has 8 heteroatoms. The second-order valence-corrected chi connectivity index (χ2v) is 9.85. The summed E-state index contributed by atoms with van der Waals surface area (Å²) in [6.07, 6.45) is 4.32. The second kappa shape index (κ2) is 8.95. The summed E-state index contributed by atoms with van der Waals surface area (Å²) in [7, 11) is 1.36. The van der Waals surface area contributed by atoms with Crippen molar-refractivity contribution in [2.75, 3.05) is 7.05 Å². The molecule has 1 aliphatic rings. The van der Waals surface area contributed by atoms with Crippen molar-refractivity contribution in [1.29, 1.82) is 0 Å². The van der Waals surface area contributed by atoms with Crippen molar-refractivity contribution in [3.8, 4) is 11.5 Å². The van der Waals surface area contributed by atoms with Crippen molar-refractivity contribution in [3.63, 3.8) is 0 Å². The molecule has 7 nitrogen and oxygen atoms in total. The third-order valence-electron chi connectivity index (χ3n) is 5.21. The molecule has 0 saturated heterocycles. The number of carbonyl (C=O) groups excluding carboxylic acids is 2. The van der Waals surface area contributed by atoms with E-state index in [4.69, 9.17) is 4.42 Å². The van der Waals surface area contributed by atoms with E-state index in [-0.39, 0.29) is 28.1 Å². The van der Waals surface area contributed by atoms with Crippen LogP contribution < -0.4 is 0 Å². The summed E-state index contributed by atoms with van der Waals surface area (Å²) >= 11 is 1.61. The van der Waals surface area contributed by atoms with E-state index in [0.717, 1.165) is 14.7 Å². The van der Waals surface area contributed by atoms with Gasteiger partial charge in [0, 0.05) is 16.8 Å². The fourth-order valence-electron chi connectivity index (χ4n) is 3.71. The average Bonchev–Trinajstić information content (AvgIpc) is 3.26. The number of aromatic carboxylic acids is 1. The van der Waals surface area contributed by atoms with Gasteiger partial charge in [-0.2, -0.15) is 0 Å². The maximum absolute atomic E-state index is 12.4. The summed E-state index contributed by atoms with van der Waals surface area (Å²) in [6, 6.07) is 8.19. The number of aromatic nitrogens is 1. The SMILES string of the molecule is CC(C)=C/C(=C\C(C)C)Sc1ccc2oc(-c3cc4c(cc3C(=O)O)C(=O)N(C)C4=O)nc2c1. The number of hydrogen-bond acceptors (Lipinski definition) is 6. The number of oxazole rings is 1. The van der Waals surface area contributed by atoms with E-state index >= 15 is 0 Å². The van der Waals surface area contributed by atoms with Gasteiger partial charge in [-0.05, 0) is 56.2 Å². The zero-order chi connectivity index (χ0) is 24.7. The van der Waals surface area contributed by atoms with Gasteiger partial charge in [0.25, 0.3) is 11.8 Å². The third-order valence-corrected chi connectivity index (χ3v) is 6.19. The lowest BCUT2D eigenvalue weighted by atomic mass is 9.99. The molecule has 0 aliphatic carbocycles. The van der Waals surface area contributed by atoms with Gasteiger partial charge in [-0.25, -0.2) is 9.78 Å². The number of fused-ring (bicyclic) bond motifs is 2. The number of benzene rings is 2. The molecule has 174 valence electrons. The first-order valence-corrected chi connectivity index (χ1v) is 11.6. The van der Waals surface area contributed by atoms with E-state index in [2.05, 4.69) is 44.8 Å². The van der Waals surface area contributed by atoms with Gasteiger partial charge in [0.2, 0.25) is 5.89 Å². The van der Waals surface area contributed by atoms with Crippen LogP contribution in [0.5, 0.6) is 0 Å². The molecule has 34 heavy (non-hydrogen) atoms. The van der Waals surface area contributed by atoms with Gasteiger partial charge in [0.1, 0.15) is 5.52 Å². The number of hydrogen-bond donors (Lipinski definition) is 1. The lowest BCUT2D eigenvalue weighted by molar-refractivity contribution is 0.0685. The number of amides is 2. The smallest absolute Gasteiger partial charge is 0.336 e. The predicted octanol–water partition coefficient (Wildman–Crippen LogP) is 6.02. The van der Waals surface area contributed by atoms with Crippen LogP contribution in [0.25, 0.3) is 22.6 Å². The molecular formula is C26H24N2O5S. The highest BCUT2D eigenvalue weighted by Crippen LogP contribution is 2.35. The summed E-state index contributed by atoms with van der Waals surface area (Å²) in [5.41, 5.74) is 2.45. The van der Waals surface area contributed by atoms with Gasteiger partial charge < -0.3 is 9.52 Å². The summed E-state index contributed by atoms with van der Waals surface area (Å²) in [4.78, 5) is 44.2. The van der Waals surface area contributed by atoms with Crippen LogP contribution in [0.3, 0.4) is 0 Å². The molecule has 1 N–H and O–H groups in total. The van der Waals surface area contributed by atoms with Gasteiger partial charge in [-0.1, -0.05) is 37.3 Å². The highest BCUT2D eigenvalue weighted by molar-refractivity contribution is 8.03. The standard InChI is InChI=1S/C26H24N2O5S/c1-13(2)8-16(9-14(3)4)34-15-6-7-22-21(10-15)27-23(33-22)17-11-18-19(12-20(17)26(31)32)25(30)28(5)24(18)29/h6-13H,1-5H3,(H,31,32)/b16-8+. The maximum Gasteiger partial charge on any atom is 0.336 e. The van der Waals surface area contributed by atoms with Gasteiger partial charge in [0.05, 0.1) is 22.3 Å². The highest BCUT2D eigenvalue weighted by Gasteiger charge is 2.35. The van der Waals surface area contributed by atoms with Crippen LogP contribution in [0, 0.1) is 5.92 Å². The molecule has 0 atom stereocenters. The van der Waals surface area contributed by atoms with Crippen molar-refractivity contribution >= 4 is 40.6 Å². The Morgan fingerprint density at radius 2 is 1.76 bits per heavy atom. The zero-order valence-electron chi connectivity index (χ0n) is 19.5. The molecule has 2 heterocycles. The molecule has 4 rings (SSSR count). The van der Waals surface area contributed by atoms with Gasteiger partial charge in [-0.3, -0.25) is 14.5 Å². The van der Waals surface area contributed by atoms with Crippen LogP contribution in [0.1, 0.15) is 58.8 Å². The third kappa shape index (κ3) is 4.41. The number of thioether (sulfide) groups is 1. The predicted molar refractivity (Wildman–Crippen MR) is 131 cm³/mol. The second-order valence-electron chi connectivity index (χ2n) is 8.70. The van der Waals surface area contributed by atoms with Crippen molar-refractivity contribution in [1.82, 2.24) is 9.88 Å². The summed E-state index contributed by atoms with van der Waals surface area (Å²) in [5.74, 6) is -1.79. The van der Waals surface area contributed by atoms with E-state index in [1.807, 2.05) is 12.1 Å². The summed E-state index contributed by atoms with van der Waals surface area (Å²) in [5, 5.41) is 9.74. The topological polar surface area (TPSA) is 101 Å². The minimum absolute atomic E-state index is 0.0622. The molecule has 2 amide bonds. The maximum atomic E-state index is 12.4. The molecule has 0 radical (unpaired) electrons. The van der Waals surface area contributed by atoms with Crippen LogP contribution in [0.2, 0.25) is 0 Å². The van der Waals surface area contributed by atoms with Gasteiger partial charge >= 0.3 is 5.97 Å². The van der Waals surface area contributed by atoms with E-state index in [1.165, 1.54) is 24.8 Å². The van der Waals surface area contributed by atoms with Crippen LogP contribution in [0.4, 0.5) is 0 Å². The van der Waals surface area contributed by atoms with E-state index in [0.29, 0.717) is 17.0 Å². The van der Waals surface area contributed by atoms with Gasteiger partial charge in [-0.15, -0.1) is 0 Å². The Hall–Kier alpha value is -3.65. The fourth-order valence-corrected chi connectivity index (χ4v) is 4.92. The molecule has 2 aromatic carbocycles. The molecule has 0 spiro atoms. The number of carboxylic acids is 1. The van der Waals surface area contributed by atoms with E-state index in [1.54, 1.807) is 17.8 Å². The Kier molecular flexibility index (Phi) is 6.18. The molecule has 0 unspecified atom stereocenters. The number of rotatable bonds is 6. The Balaban J connectivity index is 1.77. The van der Waals surface area contributed by atoms with Crippen LogP contribution in [0.15, 0.2) is 62.3 Å². The Bertz CT molecular complexity index is 1410. The van der Waals surface area contributed by atoms with E-state index in [9.17, 15) is 19.5 Å². The van der Waals surface area contributed by atoms with Crippen LogP contribution >= 0.6 is 11.8 Å². The van der Waals surface area contributed by atoms with Crippen molar-refractivity contribution in [2.45, 2.75) is 32.6 Å². The average molecular weight is 477 g/mol. The molecule has 0 bridgehead atoms. The highest BCUT2D eigenvalue weighted by atomic mass is 32.2. The number of allylic oxidation sites excluding steroid dienone is 3. The minimum Gasteiger partial charge on any atom is -0.478 e. The van der Waals surface area contributed by atoms with Crippen LogP contribution in [-0.4, -0.2) is 39.8 Å². The Morgan fingerprint density at radius 1 is 1.09 bits per heavy atom. The first kappa shape index (κ1) is 23.5. The quantitative estimate of drug-likeness (QED) is 0.264. The molecule has 0 saturated carbocycles. The Morgan fingerprint density at radius 3 is 2.38 bits per heavy atom. The summed E-state index contributed by atoms with van der Waals surface area (Å²) in [6.45, 7) is 8.35. The lowest BCUT2D eigenvalue weighted by Crippen LogP contribution is -2.24. The van der Waals surface area contributed by atoms with Crippen LogP contribution in [-0.2, 0) is 0 Å². The molecule has 3 aromatic rings. The monoisotopic (exact) mass is 476 g/mol. The minimum atomic E-state index is -1.24. The van der Waals surface area contributed by atoms with Crippen molar-refractivity contribution in [2.24, 2.45) is 5.92 Å². The number of carboxylic acid groups (broad SMARTS) is 1. The molecule has 1 aliphatic heterocycles. The first-order chi connectivity index (χ1) is 16.0. The normalized spacial score (nSPS) is 13.7. The fraction of sp³-hybridized carbons (Fsp3) is 0.231. The van der Waals surface area contributed by atoms with E-state index < -0.39 is 17.8 Å². The largest absolute Gasteiger partial charge is 0.478 e. The summed E-state index contributed by atoms with van der Waals surface area (Å²) < 4.78 is 5.86. The first-order valence-electron chi connectivity index (χ1n) is 10.7. The zero-order valence-corrected chi connectivity index (χ0v) is 20.3. The lowest BCUT2D eigenvalue weighted by Gasteiger charge is -2.06. The number of nitrogens with zero attached hydrogens (tertiary/aromatic N) is 2. The molecule has 0 fully saturated rings.